The Labute approximate surface area is 108 Å². The van der Waals surface area contributed by atoms with Crippen LogP contribution < -0.4 is 16.6 Å². The average Bonchev–Trinajstić information content (AvgIpc) is 2.39. The fraction of sp³-hybridized carbons (Fsp3) is 0.0769. The normalized spacial score (nSPS) is 10.1. The zero-order valence-electron chi connectivity index (χ0n) is 10.0. The van der Waals surface area contributed by atoms with Crippen LogP contribution in [-0.4, -0.2) is 16.0 Å². The molecule has 0 saturated heterocycles. The van der Waals surface area contributed by atoms with E-state index in [9.17, 15) is 14.7 Å². The summed E-state index contributed by atoms with van der Waals surface area (Å²) in [5, 5.41) is 12.2. The zero-order chi connectivity index (χ0) is 13.8. The molecule has 2 aromatic rings. The number of carbonyl (C=O) groups excluding carboxylic acids is 1. The lowest BCUT2D eigenvalue weighted by Gasteiger charge is -2.07. The van der Waals surface area contributed by atoms with Crippen molar-refractivity contribution in [2.45, 2.75) is 6.54 Å². The average molecular weight is 259 g/mol. The Bertz CT molecular complexity index is 664. The molecule has 1 amide bonds. The van der Waals surface area contributed by atoms with Crippen LogP contribution in [0.3, 0.4) is 0 Å². The van der Waals surface area contributed by atoms with Gasteiger partial charge in [0, 0.05) is 35.6 Å². The van der Waals surface area contributed by atoms with Crippen LogP contribution in [0, 0.1) is 0 Å². The molecule has 0 fully saturated rings. The van der Waals surface area contributed by atoms with Crippen molar-refractivity contribution in [3.8, 4) is 5.75 Å². The molecule has 98 valence electrons. The number of aromatic amines is 1. The van der Waals surface area contributed by atoms with Crippen molar-refractivity contribution in [1.29, 1.82) is 0 Å². The Morgan fingerprint density at radius 2 is 2.11 bits per heavy atom. The van der Waals surface area contributed by atoms with Crippen LogP contribution in [0.25, 0.3) is 0 Å². The maximum Gasteiger partial charge on any atom is 0.251 e. The van der Waals surface area contributed by atoms with Gasteiger partial charge in [0.2, 0.25) is 5.56 Å². The first kappa shape index (κ1) is 12.7. The summed E-state index contributed by atoms with van der Waals surface area (Å²) in [6.07, 6.45) is 1.40. The molecule has 0 unspecified atom stereocenters. The van der Waals surface area contributed by atoms with Gasteiger partial charge in [0.05, 0.1) is 0 Å². The number of hydrogen-bond donors (Lipinski definition) is 4. The van der Waals surface area contributed by atoms with Crippen LogP contribution in [0.2, 0.25) is 0 Å². The van der Waals surface area contributed by atoms with Gasteiger partial charge in [-0.05, 0) is 24.3 Å². The minimum Gasteiger partial charge on any atom is -0.508 e. The molecule has 0 radical (unpaired) electrons. The van der Waals surface area contributed by atoms with Crippen LogP contribution in [0.5, 0.6) is 5.75 Å². The van der Waals surface area contributed by atoms with Gasteiger partial charge in [0.15, 0.2) is 0 Å². The van der Waals surface area contributed by atoms with Gasteiger partial charge in [-0.1, -0.05) is 0 Å². The highest BCUT2D eigenvalue weighted by Gasteiger charge is 2.07. The van der Waals surface area contributed by atoms with Crippen LogP contribution in [0.4, 0.5) is 5.69 Å². The third-order valence-corrected chi connectivity index (χ3v) is 2.58. The number of carbonyl (C=O) groups is 1. The number of anilines is 1. The van der Waals surface area contributed by atoms with Gasteiger partial charge in [0.1, 0.15) is 5.75 Å². The highest BCUT2D eigenvalue weighted by Crippen LogP contribution is 2.19. The minimum absolute atomic E-state index is 0.0559. The molecule has 5 N–H and O–H groups in total. The first-order valence-electron chi connectivity index (χ1n) is 5.60. The maximum absolute atomic E-state index is 11.8. The van der Waals surface area contributed by atoms with E-state index in [4.69, 9.17) is 5.73 Å². The lowest BCUT2D eigenvalue weighted by Crippen LogP contribution is -2.24. The summed E-state index contributed by atoms with van der Waals surface area (Å²) in [6.45, 7) is 0.127. The number of amides is 1. The smallest absolute Gasteiger partial charge is 0.251 e. The molecular formula is C13H13N3O3. The van der Waals surface area contributed by atoms with E-state index >= 15 is 0 Å². The third-order valence-electron chi connectivity index (χ3n) is 2.58. The monoisotopic (exact) mass is 259 g/mol. The van der Waals surface area contributed by atoms with Crippen LogP contribution in [-0.2, 0) is 6.54 Å². The number of benzene rings is 1. The Hall–Kier alpha value is -2.76. The molecular weight excluding hydrogens is 246 g/mol. The van der Waals surface area contributed by atoms with E-state index in [0.29, 0.717) is 11.3 Å². The number of hydrogen-bond acceptors (Lipinski definition) is 4. The summed E-state index contributed by atoms with van der Waals surface area (Å²) in [5.41, 5.74) is 6.52. The lowest BCUT2D eigenvalue weighted by molar-refractivity contribution is 0.0950. The van der Waals surface area contributed by atoms with E-state index in [1.807, 2.05) is 0 Å². The zero-order valence-corrected chi connectivity index (χ0v) is 10.0. The number of phenolic OH excluding ortho intramolecular Hbond substituents is 1. The molecule has 0 aliphatic carbocycles. The summed E-state index contributed by atoms with van der Waals surface area (Å²) in [5.74, 6) is -0.340. The predicted molar refractivity (Wildman–Crippen MR) is 70.8 cm³/mol. The number of nitrogens with one attached hydrogen (secondary N) is 2. The van der Waals surface area contributed by atoms with E-state index < -0.39 is 5.91 Å². The first-order chi connectivity index (χ1) is 9.06. The first-order valence-corrected chi connectivity index (χ1v) is 5.60. The van der Waals surface area contributed by atoms with E-state index in [2.05, 4.69) is 10.3 Å². The second-order valence-electron chi connectivity index (χ2n) is 4.01. The summed E-state index contributed by atoms with van der Waals surface area (Å²) < 4.78 is 0. The Kier molecular flexibility index (Phi) is 3.51. The van der Waals surface area contributed by atoms with E-state index in [1.165, 1.54) is 24.4 Å². The summed E-state index contributed by atoms with van der Waals surface area (Å²) in [6, 6.07) is 7.30. The van der Waals surface area contributed by atoms with Gasteiger partial charge < -0.3 is 21.1 Å². The molecule has 1 heterocycles. The number of phenols is 1. The quantitative estimate of drug-likeness (QED) is 0.478. The largest absolute Gasteiger partial charge is 0.508 e. The SMILES string of the molecule is Nc1ccc(O)c(CNC(=O)c2cc[nH]c(=O)c2)c1. The van der Waals surface area contributed by atoms with Gasteiger partial charge in [-0.3, -0.25) is 9.59 Å². The van der Waals surface area contributed by atoms with Crippen LogP contribution in [0.15, 0.2) is 41.3 Å². The molecule has 6 nitrogen and oxygen atoms in total. The molecule has 2 rings (SSSR count). The molecule has 19 heavy (non-hydrogen) atoms. The van der Waals surface area contributed by atoms with Crippen molar-refractivity contribution in [2.75, 3.05) is 5.73 Å². The van der Waals surface area contributed by atoms with E-state index in [1.54, 1.807) is 12.1 Å². The second-order valence-corrected chi connectivity index (χ2v) is 4.01. The second kappa shape index (κ2) is 5.26. The van der Waals surface area contributed by atoms with Gasteiger partial charge in [-0.2, -0.15) is 0 Å². The highest BCUT2D eigenvalue weighted by molar-refractivity contribution is 5.93. The van der Waals surface area contributed by atoms with Crippen LogP contribution in [0.1, 0.15) is 15.9 Å². The molecule has 0 atom stereocenters. The van der Waals surface area contributed by atoms with E-state index in [-0.39, 0.29) is 23.4 Å². The summed E-state index contributed by atoms with van der Waals surface area (Å²) in [4.78, 5) is 25.3. The number of pyridine rings is 1. The van der Waals surface area contributed by atoms with Crippen molar-refractivity contribution >= 4 is 11.6 Å². The van der Waals surface area contributed by atoms with Crippen molar-refractivity contribution < 1.29 is 9.90 Å². The minimum atomic E-state index is -0.395. The fourth-order valence-corrected chi connectivity index (χ4v) is 1.61. The summed E-state index contributed by atoms with van der Waals surface area (Å²) in [7, 11) is 0. The Morgan fingerprint density at radius 3 is 2.84 bits per heavy atom. The summed E-state index contributed by atoms with van der Waals surface area (Å²) >= 11 is 0. The topological polar surface area (TPSA) is 108 Å². The number of aromatic nitrogens is 1. The van der Waals surface area contributed by atoms with Gasteiger partial charge in [-0.15, -0.1) is 0 Å². The predicted octanol–water partition coefficient (Wildman–Crippen LogP) is 0.593. The molecule has 0 saturated carbocycles. The molecule has 0 spiro atoms. The lowest BCUT2D eigenvalue weighted by atomic mass is 10.1. The van der Waals surface area contributed by atoms with Crippen molar-refractivity contribution in [1.82, 2.24) is 10.3 Å². The van der Waals surface area contributed by atoms with Gasteiger partial charge >= 0.3 is 0 Å². The highest BCUT2D eigenvalue weighted by atomic mass is 16.3. The third kappa shape index (κ3) is 3.12. The standard InChI is InChI=1S/C13H13N3O3/c14-10-1-2-11(17)9(5-10)7-16-13(19)8-3-4-15-12(18)6-8/h1-6,17H,7,14H2,(H,15,18)(H,16,19). The number of H-pyrrole nitrogens is 1. The van der Waals surface area contributed by atoms with Crippen LogP contribution >= 0.6 is 0 Å². The molecule has 0 aliphatic heterocycles. The molecule has 0 bridgehead atoms. The molecule has 0 aliphatic rings. The number of aromatic hydroxyl groups is 1. The maximum atomic E-state index is 11.8. The molecule has 6 heteroatoms. The Balaban J connectivity index is 2.08. The van der Waals surface area contributed by atoms with Crippen molar-refractivity contribution in [3.63, 3.8) is 0 Å². The number of rotatable bonds is 3. The van der Waals surface area contributed by atoms with Gasteiger partial charge in [-0.25, -0.2) is 0 Å². The Morgan fingerprint density at radius 1 is 1.32 bits per heavy atom. The fourth-order valence-electron chi connectivity index (χ4n) is 1.61. The van der Waals surface area contributed by atoms with Crippen molar-refractivity contribution in [2.24, 2.45) is 0 Å². The molecule has 1 aromatic carbocycles. The van der Waals surface area contributed by atoms with Crippen molar-refractivity contribution in [3.05, 3.63) is 58.0 Å². The number of nitrogen functional groups attached to an aromatic ring is 1. The number of nitrogens with two attached hydrogens (primary N) is 1. The molecule has 1 aromatic heterocycles. The van der Waals surface area contributed by atoms with E-state index in [0.717, 1.165) is 0 Å². The van der Waals surface area contributed by atoms with Gasteiger partial charge in [0.25, 0.3) is 5.91 Å².